The van der Waals surface area contributed by atoms with Gasteiger partial charge in [-0.25, -0.2) is 9.37 Å². The lowest BCUT2D eigenvalue weighted by molar-refractivity contribution is 0.432. The first-order valence-corrected chi connectivity index (χ1v) is 6.33. The number of rotatable bonds is 2. The molecule has 0 saturated heterocycles. The van der Waals surface area contributed by atoms with E-state index in [0.29, 0.717) is 10.2 Å². The number of aromatic nitrogens is 2. The molecule has 3 aromatic rings. The Balaban J connectivity index is 2.10. The second-order valence-corrected chi connectivity index (χ2v) is 4.70. The van der Waals surface area contributed by atoms with Crippen LogP contribution in [-0.4, -0.2) is 9.97 Å². The Morgan fingerprint density at radius 3 is 2.83 bits per heavy atom. The first-order chi connectivity index (χ1) is 8.74. The standard InChI is InChI=1S/C12H6ClFN2OS/c13-12-15-10(7-5-6-18-11(7)16-12)17-9-4-2-1-3-8(9)14/h1-6H. The lowest BCUT2D eigenvalue weighted by atomic mass is 10.3. The topological polar surface area (TPSA) is 35.0 Å². The summed E-state index contributed by atoms with van der Waals surface area (Å²) in [6, 6.07) is 7.94. The molecule has 0 aliphatic rings. The molecular formula is C12H6ClFN2OS. The minimum absolute atomic E-state index is 0.0799. The van der Waals surface area contributed by atoms with E-state index in [1.807, 2.05) is 11.4 Å². The number of thiophene rings is 1. The summed E-state index contributed by atoms with van der Waals surface area (Å²) in [5.74, 6) is -0.0771. The van der Waals surface area contributed by atoms with Crippen molar-refractivity contribution in [2.45, 2.75) is 0 Å². The predicted molar refractivity (Wildman–Crippen MR) is 68.9 cm³/mol. The molecule has 0 bridgehead atoms. The van der Waals surface area contributed by atoms with Crippen LogP contribution in [0.1, 0.15) is 0 Å². The molecule has 3 nitrogen and oxygen atoms in total. The molecular weight excluding hydrogens is 275 g/mol. The van der Waals surface area contributed by atoms with Crippen molar-refractivity contribution in [1.82, 2.24) is 9.97 Å². The van der Waals surface area contributed by atoms with Gasteiger partial charge in [0.05, 0.1) is 5.39 Å². The summed E-state index contributed by atoms with van der Waals surface area (Å²) in [5.41, 5.74) is 0. The van der Waals surface area contributed by atoms with Gasteiger partial charge in [-0.3, -0.25) is 0 Å². The van der Waals surface area contributed by atoms with Crippen molar-refractivity contribution in [1.29, 1.82) is 0 Å². The average Bonchev–Trinajstić information content (AvgIpc) is 2.80. The maximum Gasteiger partial charge on any atom is 0.232 e. The third-order valence-electron chi connectivity index (χ3n) is 2.31. The fourth-order valence-electron chi connectivity index (χ4n) is 1.51. The van der Waals surface area contributed by atoms with E-state index < -0.39 is 5.82 Å². The largest absolute Gasteiger partial charge is 0.435 e. The molecule has 6 heteroatoms. The Bertz CT molecular complexity index is 716. The van der Waals surface area contributed by atoms with Gasteiger partial charge in [0.25, 0.3) is 0 Å². The monoisotopic (exact) mass is 280 g/mol. The molecule has 0 spiro atoms. The van der Waals surface area contributed by atoms with Crippen molar-refractivity contribution >= 4 is 33.2 Å². The molecule has 90 valence electrons. The maximum atomic E-state index is 13.5. The van der Waals surface area contributed by atoms with Crippen LogP contribution in [0.25, 0.3) is 10.2 Å². The van der Waals surface area contributed by atoms with Crippen molar-refractivity contribution in [2.75, 3.05) is 0 Å². The number of fused-ring (bicyclic) bond motifs is 1. The zero-order valence-corrected chi connectivity index (χ0v) is 10.5. The second-order valence-electron chi connectivity index (χ2n) is 3.47. The van der Waals surface area contributed by atoms with E-state index in [2.05, 4.69) is 9.97 Å². The average molecular weight is 281 g/mol. The van der Waals surface area contributed by atoms with Gasteiger partial charge < -0.3 is 4.74 Å². The number of halogens is 2. The van der Waals surface area contributed by atoms with Crippen LogP contribution < -0.4 is 4.74 Å². The van der Waals surface area contributed by atoms with Gasteiger partial charge in [-0.1, -0.05) is 12.1 Å². The number of ether oxygens (including phenoxy) is 1. The lowest BCUT2D eigenvalue weighted by Gasteiger charge is -2.06. The number of para-hydroxylation sites is 1. The van der Waals surface area contributed by atoms with Gasteiger partial charge in [-0.2, -0.15) is 4.98 Å². The van der Waals surface area contributed by atoms with Gasteiger partial charge >= 0.3 is 0 Å². The summed E-state index contributed by atoms with van der Waals surface area (Å²) in [6.45, 7) is 0. The number of benzene rings is 1. The molecule has 1 aromatic carbocycles. The Morgan fingerprint density at radius 2 is 2.00 bits per heavy atom. The van der Waals surface area contributed by atoms with Crippen molar-refractivity contribution < 1.29 is 9.13 Å². The first kappa shape index (κ1) is 11.4. The van der Waals surface area contributed by atoms with E-state index in [1.54, 1.807) is 12.1 Å². The molecule has 0 unspecified atom stereocenters. The minimum Gasteiger partial charge on any atom is -0.435 e. The quantitative estimate of drug-likeness (QED) is 0.657. The Labute approximate surface area is 111 Å². The summed E-state index contributed by atoms with van der Waals surface area (Å²) in [7, 11) is 0. The van der Waals surface area contributed by atoms with Gasteiger partial charge in [0, 0.05) is 0 Å². The van der Waals surface area contributed by atoms with Crippen LogP contribution in [-0.2, 0) is 0 Å². The van der Waals surface area contributed by atoms with E-state index >= 15 is 0 Å². The molecule has 2 aromatic heterocycles. The summed E-state index contributed by atoms with van der Waals surface area (Å²) >= 11 is 7.22. The van der Waals surface area contributed by atoms with Gasteiger partial charge in [-0.05, 0) is 35.2 Å². The fraction of sp³-hybridized carbons (Fsp3) is 0. The van der Waals surface area contributed by atoms with Crippen LogP contribution in [0.15, 0.2) is 35.7 Å². The molecule has 0 radical (unpaired) electrons. The SMILES string of the molecule is Fc1ccccc1Oc1nc(Cl)nc2sccc12. The Hall–Kier alpha value is -1.72. The second kappa shape index (κ2) is 4.51. The van der Waals surface area contributed by atoms with Crippen LogP contribution in [0.3, 0.4) is 0 Å². The summed E-state index contributed by atoms with van der Waals surface area (Å²) in [4.78, 5) is 8.75. The van der Waals surface area contributed by atoms with Crippen LogP contribution in [0.2, 0.25) is 5.28 Å². The molecule has 0 amide bonds. The van der Waals surface area contributed by atoms with Crippen LogP contribution >= 0.6 is 22.9 Å². The van der Waals surface area contributed by atoms with Crippen molar-refractivity contribution in [3.63, 3.8) is 0 Å². The van der Waals surface area contributed by atoms with Crippen molar-refractivity contribution in [3.05, 3.63) is 46.8 Å². The van der Waals surface area contributed by atoms with Crippen molar-refractivity contribution in [2.24, 2.45) is 0 Å². The number of hydrogen-bond donors (Lipinski definition) is 0. The highest BCUT2D eigenvalue weighted by Gasteiger charge is 2.11. The third kappa shape index (κ3) is 2.02. The summed E-state index contributed by atoms with van der Waals surface area (Å²) in [6.07, 6.45) is 0. The van der Waals surface area contributed by atoms with E-state index in [1.165, 1.54) is 23.5 Å². The van der Waals surface area contributed by atoms with Gasteiger partial charge in [0.1, 0.15) is 4.83 Å². The molecule has 18 heavy (non-hydrogen) atoms. The van der Waals surface area contributed by atoms with E-state index in [-0.39, 0.29) is 16.9 Å². The highest BCUT2D eigenvalue weighted by molar-refractivity contribution is 7.16. The van der Waals surface area contributed by atoms with Crippen LogP contribution in [0, 0.1) is 5.82 Å². The van der Waals surface area contributed by atoms with E-state index in [9.17, 15) is 4.39 Å². The first-order valence-electron chi connectivity index (χ1n) is 5.07. The third-order valence-corrected chi connectivity index (χ3v) is 3.28. The molecule has 0 atom stereocenters. The van der Waals surface area contributed by atoms with Crippen molar-refractivity contribution in [3.8, 4) is 11.6 Å². The zero-order valence-electron chi connectivity index (χ0n) is 8.93. The van der Waals surface area contributed by atoms with E-state index in [4.69, 9.17) is 16.3 Å². The molecule has 0 aliphatic carbocycles. The molecule has 0 saturated carbocycles. The van der Waals surface area contributed by atoms with E-state index in [0.717, 1.165) is 0 Å². The van der Waals surface area contributed by atoms with Gasteiger partial charge in [-0.15, -0.1) is 11.3 Å². The maximum absolute atomic E-state index is 13.5. The summed E-state index contributed by atoms with van der Waals surface area (Å²) < 4.78 is 19.0. The van der Waals surface area contributed by atoms with Crippen LogP contribution in [0.5, 0.6) is 11.6 Å². The smallest absolute Gasteiger partial charge is 0.232 e. The fourth-order valence-corrected chi connectivity index (χ4v) is 2.48. The zero-order chi connectivity index (χ0) is 12.5. The highest BCUT2D eigenvalue weighted by atomic mass is 35.5. The molecule has 0 aliphatic heterocycles. The normalized spacial score (nSPS) is 10.8. The molecule has 0 N–H and O–H groups in total. The van der Waals surface area contributed by atoms with Gasteiger partial charge in [0.15, 0.2) is 11.6 Å². The minimum atomic E-state index is -0.449. The molecule has 3 rings (SSSR count). The predicted octanol–water partition coefficient (Wildman–Crippen LogP) is 4.28. The van der Waals surface area contributed by atoms with Gasteiger partial charge in [0.2, 0.25) is 11.2 Å². The Morgan fingerprint density at radius 1 is 1.17 bits per heavy atom. The summed E-state index contributed by atoms with van der Waals surface area (Å²) in [5, 5.41) is 2.65. The number of hydrogen-bond acceptors (Lipinski definition) is 4. The molecule has 0 fully saturated rings. The Kier molecular flexibility index (Phi) is 2.85. The highest BCUT2D eigenvalue weighted by Crippen LogP contribution is 2.32. The van der Waals surface area contributed by atoms with Crippen LogP contribution in [0.4, 0.5) is 4.39 Å². The molecule has 2 heterocycles. The number of nitrogens with zero attached hydrogens (tertiary/aromatic N) is 2. The lowest BCUT2D eigenvalue weighted by Crippen LogP contribution is -1.93.